The minimum absolute atomic E-state index is 0.0842. The number of aliphatic hydroxyl groups excluding tert-OH is 1. The van der Waals surface area contributed by atoms with Crippen LogP contribution in [0.25, 0.3) is 0 Å². The predicted octanol–water partition coefficient (Wildman–Crippen LogP) is -1.12. The number of hydrogen-bond donors (Lipinski definition) is 3. The molecular formula is C10H22N2O4S. The van der Waals surface area contributed by atoms with Gasteiger partial charge in [0, 0.05) is 6.26 Å². The lowest BCUT2D eigenvalue weighted by molar-refractivity contribution is -0.123. The Morgan fingerprint density at radius 1 is 1.41 bits per heavy atom. The molecule has 6 nitrogen and oxygen atoms in total. The van der Waals surface area contributed by atoms with Crippen LogP contribution in [-0.2, 0) is 14.6 Å². The van der Waals surface area contributed by atoms with E-state index >= 15 is 0 Å². The van der Waals surface area contributed by atoms with Crippen molar-refractivity contribution < 1.29 is 18.3 Å². The van der Waals surface area contributed by atoms with Crippen LogP contribution in [0.15, 0.2) is 0 Å². The van der Waals surface area contributed by atoms with Gasteiger partial charge in [0.1, 0.15) is 9.84 Å². The Morgan fingerprint density at radius 3 is 2.29 bits per heavy atom. The maximum absolute atomic E-state index is 11.6. The molecule has 0 aliphatic carbocycles. The molecule has 0 bridgehead atoms. The van der Waals surface area contributed by atoms with Crippen molar-refractivity contribution in [3.8, 4) is 0 Å². The van der Waals surface area contributed by atoms with E-state index < -0.39 is 21.8 Å². The highest BCUT2D eigenvalue weighted by atomic mass is 32.2. The largest absolute Gasteiger partial charge is 0.394 e. The fourth-order valence-corrected chi connectivity index (χ4v) is 1.87. The van der Waals surface area contributed by atoms with Crippen molar-refractivity contribution in [3.63, 3.8) is 0 Å². The van der Waals surface area contributed by atoms with Crippen molar-refractivity contribution in [1.29, 1.82) is 0 Å². The van der Waals surface area contributed by atoms with Crippen LogP contribution < -0.4 is 11.1 Å². The summed E-state index contributed by atoms with van der Waals surface area (Å²) in [6, 6.07) is -1.22. The topological polar surface area (TPSA) is 109 Å². The fourth-order valence-electron chi connectivity index (χ4n) is 1.19. The van der Waals surface area contributed by atoms with E-state index in [1.807, 2.05) is 13.8 Å². The van der Waals surface area contributed by atoms with E-state index in [-0.39, 0.29) is 30.7 Å². The molecule has 0 aromatic rings. The first-order chi connectivity index (χ1) is 7.67. The summed E-state index contributed by atoms with van der Waals surface area (Å²) in [5, 5.41) is 11.6. The molecule has 1 amide bonds. The highest BCUT2D eigenvalue weighted by Gasteiger charge is 2.20. The van der Waals surface area contributed by atoms with Crippen LogP contribution in [-0.4, -0.2) is 50.1 Å². The Balaban J connectivity index is 4.22. The van der Waals surface area contributed by atoms with Crippen molar-refractivity contribution in [2.24, 2.45) is 11.7 Å². The SMILES string of the molecule is CC(C)C(CO)NC(=O)C(N)CCS(C)(=O)=O. The maximum atomic E-state index is 11.6. The zero-order chi connectivity index (χ0) is 13.6. The third kappa shape index (κ3) is 7.30. The molecule has 0 aromatic carbocycles. The number of sulfone groups is 1. The zero-order valence-electron chi connectivity index (χ0n) is 10.5. The first-order valence-electron chi connectivity index (χ1n) is 5.52. The Bertz CT molecular complexity index is 340. The van der Waals surface area contributed by atoms with Gasteiger partial charge in [-0.05, 0) is 12.3 Å². The molecule has 2 atom stereocenters. The van der Waals surface area contributed by atoms with E-state index in [0.29, 0.717) is 0 Å². The summed E-state index contributed by atoms with van der Waals surface area (Å²) in [6.45, 7) is 3.56. The molecule has 0 aliphatic heterocycles. The predicted molar refractivity (Wildman–Crippen MR) is 66.2 cm³/mol. The van der Waals surface area contributed by atoms with Gasteiger partial charge in [0.05, 0.1) is 24.4 Å². The summed E-state index contributed by atoms with van der Waals surface area (Å²) in [4.78, 5) is 11.6. The molecule has 0 heterocycles. The van der Waals surface area contributed by atoms with Crippen LogP contribution in [0.2, 0.25) is 0 Å². The van der Waals surface area contributed by atoms with Crippen LogP contribution >= 0.6 is 0 Å². The number of hydrogen-bond acceptors (Lipinski definition) is 5. The highest BCUT2D eigenvalue weighted by Crippen LogP contribution is 2.02. The number of amides is 1. The van der Waals surface area contributed by atoms with Gasteiger partial charge in [-0.2, -0.15) is 0 Å². The van der Waals surface area contributed by atoms with Gasteiger partial charge < -0.3 is 16.2 Å². The number of nitrogens with one attached hydrogen (secondary N) is 1. The molecule has 0 saturated carbocycles. The minimum Gasteiger partial charge on any atom is -0.394 e. The summed E-state index contributed by atoms with van der Waals surface area (Å²) in [6.07, 6.45) is 1.18. The highest BCUT2D eigenvalue weighted by molar-refractivity contribution is 7.90. The van der Waals surface area contributed by atoms with E-state index in [1.165, 1.54) is 0 Å². The van der Waals surface area contributed by atoms with Gasteiger partial charge in [0.25, 0.3) is 0 Å². The van der Waals surface area contributed by atoms with Gasteiger partial charge in [0.2, 0.25) is 5.91 Å². The van der Waals surface area contributed by atoms with Crippen molar-refractivity contribution >= 4 is 15.7 Å². The van der Waals surface area contributed by atoms with Gasteiger partial charge in [-0.25, -0.2) is 8.42 Å². The van der Waals surface area contributed by atoms with Crippen LogP contribution in [0, 0.1) is 5.92 Å². The molecule has 102 valence electrons. The fraction of sp³-hybridized carbons (Fsp3) is 0.900. The Kier molecular flexibility index (Phi) is 6.66. The molecule has 0 saturated heterocycles. The maximum Gasteiger partial charge on any atom is 0.237 e. The van der Waals surface area contributed by atoms with E-state index in [4.69, 9.17) is 10.8 Å². The van der Waals surface area contributed by atoms with Crippen molar-refractivity contribution in [1.82, 2.24) is 5.32 Å². The first kappa shape index (κ1) is 16.3. The molecule has 0 fully saturated rings. The Morgan fingerprint density at radius 2 is 1.94 bits per heavy atom. The molecular weight excluding hydrogens is 244 g/mol. The van der Waals surface area contributed by atoms with Crippen molar-refractivity contribution in [2.45, 2.75) is 32.4 Å². The monoisotopic (exact) mass is 266 g/mol. The number of carbonyl (C=O) groups is 1. The van der Waals surface area contributed by atoms with Crippen LogP contribution in [0.5, 0.6) is 0 Å². The van der Waals surface area contributed by atoms with Crippen LogP contribution in [0.3, 0.4) is 0 Å². The second-order valence-electron chi connectivity index (χ2n) is 4.57. The standard InChI is InChI=1S/C10H22N2O4S/c1-7(2)9(6-13)12-10(14)8(11)4-5-17(3,15)16/h7-9,13H,4-6,11H2,1-3H3,(H,12,14). The van der Waals surface area contributed by atoms with Crippen molar-refractivity contribution in [2.75, 3.05) is 18.6 Å². The molecule has 0 radical (unpaired) electrons. The van der Waals surface area contributed by atoms with Gasteiger partial charge >= 0.3 is 0 Å². The normalized spacial score (nSPS) is 15.6. The van der Waals surface area contributed by atoms with E-state index in [9.17, 15) is 13.2 Å². The van der Waals surface area contributed by atoms with Crippen LogP contribution in [0.4, 0.5) is 0 Å². The molecule has 0 spiro atoms. The molecule has 0 aliphatic rings. The third-order valence-electron chi connectivity index (χ3n) is 2.47. The summed E-state index contributed by atoms with van der Waals surface area (Å²) in [5.41, 5.74) is 5.57. The number of carbonyl (C=O) groups excluding carboxylic acids is 1. The number of aliphatic hydroxyl groups is 1. The second kappa shape index (κ2) is 6.93. The Labute approximate surface area is 102 Å². The summed E-state index contributed by atoms with van der Waals surface area (Å²) in [7, 11) is -3.11. The summed E-state index contributed by atoms with van der Waals surface area (Å²) < 4.78 is 21.8. The second-order valence-corrected chi connectivity index (χ2v) is 6.83. The average molecular weight is 266 g/mol. The number of rotatable bonds is 7. The molecule has 7 heteroatoms. The first-order valence-corrected chi connectivity index (χ1v) is 7.58. The van der Waals surface area contributed by atoms with Gasteiger partial charge in [-0.15, -0.1) is 0 Å². The van der Waals surface area contributed by atoms with E-state index in [1.54, 1.807) is 0 Å². The van der Waals surface area contributed by atoms with Gasteiger partial charge in [-0.3, -0.25) is 4.79 Å². The quantitative estimate of drug-likeness (QED) is 0.541. The average Bonchev–Trinajstić information content (AvgIpc) is 2.20. The van der Waals surface area contributed by atoms with Crippen LogP contribution in [0.1, 0.15) is 20.3 Å². The van der Waals surface area contributed by atoms with E-state index in [2.05, 4.69) is 5.32 Å². The third-order valence-corrected chi connectivity index (χ3v) is 3.44. The molecule has 0 aromatic heterocycles. The zero-order valence-corrected chi connectivity index (χ0v) is 11.3. The van der Waals surface area contributed by atoms with Crippen molar-refractivity contribution in [3.05, 3.63) is 0 Å². The lowest BCUT2D eigenvalue weighted by Crippen LogP contribution is -2.49. The smallest absolute Gasteiger partial charge is 0.237 e. The minimum atomic E-state index is -3.11. The van der Waals surface area contributed by atoms with Gasteiger partial charge in [-0.1, -0.05) is 13.8 Å². The lowest BCUT2D eigenvalue weighted by atomic mass is 10.0. The number of nitrogens with two attached hydrogens (primary N) is 1. The molecule has 4 N–H and O–H groups in total. The van der Waals surface area contributed by atoms with E-state index in [0.717, 1.165) is 6.26 Å². The lowest BCUT2D eigenvalue weighted by Gasteiger charge is -2.22. The molecule has 2 unspecified atom stereocenters. The van der Waals surface area contributed by atoms with Gasteiger partial charge in [0.15, 0.2) is 0 Å². The summed E-state index contributed by atoms with van der Waals surface area (Å²) >= 11 is 0. The molecule has 0 rings (SSSR count). The summed E-state index contributed by atoms with van der Waals surface area (Å²) in [5.74, 6) is -0.458. The Hall–Kier alpha value is -0.660. The molecule has 17 heavy (non-hydrogen) atoms.